The molecule has 4 aromatic carbocycles. The van der Waals surface area contributed by atoms with Crippen molar-refractivity contribution in [3.05, 3.63) is 156 Å². The molecular formula is C50H47GeIrN5O-2. The number of benzene rings is 4. The molecule has 0 spiro atoms. The second kappa shape index (κ2) is 16.2. The Morgan fingerprint density at radius 3 is 2.17 bits per heavy atom. The molecule has 0 saturated carbocycles. The number of hydrogen-bond donors (Lipinski definition) is 0. The van der Waals surface area contributed by atoms with Gasteiger partial charge in [-0.25, -0.2) is 0 Å². The van der Waals surface area contributed by atoms with Crippen molar-refractivity contribution in [3.63, 3.8) is 0 Å². The second-order valence-corrected chi connectivity index (χ2v) is 27.4. The monoisotopic (exact) mass is 1000 g/mol. The summed E-state index contributed by atoms with van der Waals surface area (Å²) >= 11 is -1.72. The normalized spacial score (nSPS) is 11.7. The Kier molecular flexibility index (Phi) is 11.4. The second-order valence-electron chi connectivity index (χ2n) is 16.8. The molecule has 0 aliphatic carbocycles. The molecule has 0 N–H and O–H groups in total. The Morgan fingerprint density at radius 2 is 1.48 bits per heavy atom. The van der Waals surface area contributed by atoms with Crippen molar-refractivity contribution < 1.29 is 24.5 Å². The number of aryl methyl sites for hydroxylation is 3. The van der Waals surface area contributed by atoms with Crippen molar-refractivity contribution in [3.8, 4) is 39.5 Å². The van der Waals surface area contributed by atoms with Crippen molar-refractivity contribution in [2.24, 2.45) is 0 Å². The maximum atomic E-state index is 6.45. The molecule has 0 aliphatic heterocycles. The zero-order valence-corrected chi connectivity index (χ0v) is 39.0. The summed E-state index contributed by atoms with van der Waals surface area (Å²) in [5.41, 5.74) is 14.5. The molecule has 9 aromatic rings. The minimum absolute atomic E-state index is 0. The Hall–Kier alpha value is -5.21. The van der Waals surface area contributed by atoms with Gasteiger partial charge in [0.15, 0.2) is 0 Å². The van der Waals surface area contributed by atoms with Gasteiger partial charge in [0.1, 0.15) is 5.58 Å². The quantitative estimate of drug-likeness (QED) is 0.127. The maximum absolute atomic E-state index is 6.45. The molecule has 0 amide bonds. The molecular weight excluding hydrogens is 951 g/mol. The van der Waals surface area contributed by atoms with Crippen molar-refractivity contribution in [2.75, 3.05) is 0 Å². The number of furan rings is 1. The molecule has 0 atom stereocenters. The van der Waals surface area contributed by atoms with E-state index in [0.717, 1.165) is 89.6 Å². The van der Waals surface area contributed by atoms with Gasteiger partial charge in [-0.1, -0.05) is 62.7 Å². The third-order valence-electron chi connectivity index (χ3n) is 10.4. The van der Waals surface area contributed by atoms with Gasteiger partial charge in [0.25, 0.3) is 0 Å². The minimum Gasteiger partial charge on any atom is 0 e. The molecule has 293 valence electrons. The van der Waals surface area contributed by atoms with Crippen LogP contribution in [-0.2, 0) is 25.5 Å². The smallest absolute Gasteiger partial charge is 0 e. The summed E-state index contributed by atoms with van der Waals surface area (Å²) in [7, 11) is 0. The van der Waals surface area contributed by atoms with E-state index < -0.39 is 13.3 Å². The van der Waals surface area contributed by atoms with Gasteiger partial charge in [-0.2, -0.15) is 0 Å². The van der Waals surface area contributed by atoms with Crippen LogP contribution in [0.3, 0.4) is 0 Å². The predicted molar refractivity (Wildman–Crippen MR) is 238 cm³/mol. The van der Waals surface area contributed by atoms with Gasteiger partial charge in [-0.3, -0.25) is 15.0 Å². The summed E-state index contributed by atoms with van der Waals surface area (Å²) in [5, 5.41) is 0.952. The number of hydrogen-bond acceptors (Lipinski definition) is 5. The van der Waals surface area contributed by atoms with Crippen LogP contribution in [0.25, 0.3) is 72.6 Å². The average molecular weight is 999 g/mol. The van der Waals surface area contributed by atoms with Gasteiger partial charge in [-0.05, 0) is 73.0 Å². The van der Waals surface area contributed by atoms with Crippen LogP contribution in [-0.4, -0.2) is 37.8 Å². The number of aromatic nitrogens is 5. The zero-order chi connectivity index (χ0) is 40.1. The number of imidazole rings is 1. The Labute approximate surface area is 357 Å². The largest absolute Gasteiger partial charge is 0 e. The van der Waals surface area contributed by atoms with Crippen LogP contribution in [0.15, 0.2) is 126 Å². The molecule has 0 unspecified atom stereocenters. The van der Waals surface area contributed by atoms with E-state index in [1.54, 1.807) is 0 Å². The van der Waals surface area contributed by atoms with E-state index in [1.807, 2.05) is 75.5 Å². The van der Waals surface area contributed by atoms with Gasteiger partial charge < -0.3 is 8.98 Å². The van der Waals surface area contributed by atoms with Crippen LogP contribution >= 0.6 is 0 Å². The molecule has 0 aliphatic rings. The maximum Gasteiger partial charge on any atom is 0 e. The Balaban J connectivity index is 0.000000254. The first-order valence-corrected chi connectivity index (χ1v) is 26.8. The third kappa shape index (κ3) is 8.09. The van der Waals surface area contributed by atoms with E-state index in [4.69, 9.17) is 19.4 Å². The SMILES string of the molecule is Cc1cc2c(nc(-c3[c-]ccc4c3oc3ccc(C)nc34)n2-c2ccc(C(C)(C)C)cc2-c2ccccc2)c(C)n1.[CH3][Ge]([CH3])([CH3])[c]1ccc(-c2[c-]cccc2)nc1.[Ir]. The van der Waals surface area contributed by atoms with Gasteiger partial charge in [-0.15, -0.1) is 18.2 Å². The molecule has 9 rings (SSSR count). The van der Waals surface area contributed by atoms with Crippen LogP contribution in [0.4, 0.5) is 0 Å². The van der Waals surface area contributed by atoms with Gasteiger partial charge >= 0.3 is 99.8 Å². The molecule has 5 aromatic heterocycles. The van der Waals surface area contributed by atoms with Crippen LogP contribution in [0.5, 0.6) is 0 Å². The molecule has 1 radical (unpaired) electrons. The minimum atomic E-state index is -1.72. The van der Waals surface area contributed by atoms with Gasteiger partial charge in [0.2, 0.25) is 0 Å². The van der Waals surface area contributed by atoms with E-state index in [0.29, 0.717) is 0 Å². The van der Waals surface area contributed by atoms with E-state index in [2.05, 4.69) is 126 Å². The van der Waals surface area contributed by atoms with E-state index in [-0.39, 0.29) is 25.5 Å². The molecule has 0 fully saturated rings. The zero-order valence-electron chi connectivity index (χ0n) is 34.5. The van der Waals surface area contributed by atoms with Gasteiger partial charge in [0.05, 0.1) is 33.7 Å². The van der Waals surface area contributed by atoms with Crippen LogP contribution in [0, 0.1) is 32.9 Å². The van der Waals surface area contributed by atoms with E-state index >= 15 is 0 Å². The van der Waals surface area contributed by atoms with Gasteiger partial charge in [0, 0.05) is 42.7 Å². The predicted octanol–water partition coefficient (Wildman–Crippen LogP) is 12.2. The average Bonchev–Trinajstić information content (AvgIpc) is 3.76. The summed E-state index contributed by atoms with van der Waals surface area (Å²) in [4.78, 5) is 19.3. The van der Waals surface area contributed by atoms with Crippen molar-refractivity contribution in [1.29, 1.82) is 0 Å². The fourth-order valence-electron chi connectivity index (χ4n) is 7.26. The molecule has 6 nitrogen and oxygen atoms in total. The Bertz CT molecular complexity index is 2890. The van der Waals surface area contributed by atoms with Crippen LogP contribution < -0.4 is 4.40 Å². The van der Waals surface area contributed by atoms with E-state index in [9.17, 15) is 0 Å². The third-order valence-corrected chi connectivity index (χ3v) is 14.6. The standard InChI is InChI=1S/C36H31N4O.C14H16GeN.Ir/c1-21-15-18-31-33(38-21)26-13-10-14-27(34(26)41-31)35-39-32-23(3)37-22(2)19-30(32)40(35)29-17-16-25(36(4,5)6)20-28(29)24-11-8-7-9-12-24;1-15(2,3)13-9-10-14(16-11-13)12-7-5-4-6-8-12;/h7-13,15-20H,1-6H3;4-7,9-11H,1-3H3;/q2*-1;. The van der Waals surface area contributed by atoms with Crippen LogP contribution in [0.2, 0.25) is 17.3 Å². The van der Waals surface area contributed by atoms with Crippen molar-refractivity contribution >= 4 is 50.8 Å². The van der Waals surface area contributed by atoms with Crippen LogP contribution in [0.1, 0.15) is 43.4 Å². The first kappa shape index (κ1) is 41.0. The topological polar surface area (TPSA) is 69.6 Å². The van der Waals surface area contributed by atoms with Crippen molar-refractivity contribution in [2.45, 2.75) is 64.2 Å². The first-order chi connectivity index (χ1) is 27.3. The molecule has 58 heavy (non-hydrogen) atoms. The van der Waals surface area contributed by atoms with E-state index in [1.165, 1.54) is 9.96 Å². The number of fused-ring (bicyclic) bond motifs is 4. The summed E-state index contributed by atoms with van der Waals surface area (Å²) in [6.45, 7) is 12.8. The summed E-state index contributed by atoms with van der Waals surface area (Å²) in [6, 6.07) is 46.4. The number of pyridine rings is 3. The summed E-state index contributed by atoms with van der Waals surface area (Å²) in [6.07, 6.45) is 2.04. The molecule has 8 heteroatoms. The fourth-order valence-corrected chi connectivity index (χ4v) is 9.43. The summed E-state index contributed by atoms with van der Waals surface area (Å²) < 4.78 is 10.1. The Morgan fingerprint density at radius 1 is 0.707 bits per heavy atom. The van der Waals surface area contributed by atoms with Crippen molar-refractivity contribution in [1.82, 2.24) is 24.5 Å². The molecule has 5 heterocycles. The first-order valence-electron chi connectivity index (χ1n) is 19.5. The molecule has 0 bridgehead atoms. The fraction of sp³-hybridized carbons (Fsp3) is 0.200. The summed E-state index contributed by atoms with van der Waals surface area (Å²) in [5.74, 6) is 7.90. The number of nitrogens with zero attached hydrogens (tertiary/aromatic N) is 5. The molecule has 0 saturated heterocycles. The number of rotatable bonds is 5.